The van der Waals surface area contributed by atoms with Crippen molar-refractivity contribution in [2.24, 2.45) is 0 Å². The van der Waals surface area contributed by atoms with Crippen LogP contribution in [0.4, 0.5) is 24.0 Å². The van der Waals surface area contributed by atoms with Crippen molar-refractivity contribution < 1.29 is 17.9 Å². The Bertz CT molecular complexity index is 897. The Hall–Kier alpha value is -2.61. The van der Waals surface area contributed by atoms with Crippen LogP contribution < -0.4 is 10.1 Å². The lowest BCUT2D eigenvalue weighted by atomic mass is 10.1. The fourth-order valence-electron chi connectivity index (χ4n) is 2.59. The van der Waals surface area contributed by atoms with Gasteiger partial charge in [0, 0.05) is 29.8 Å². The lowest BCUT2D eigenvalue weighted by Crippen LogP contribution is -2.10. The molecule has 3 rings (SSSR count). The highest BCUT2D eigenvalue weighted by atomic mass is 32.1. The van der Waals surface area contributed by atoms with E-state index in [1.165, 1.54) is 17.4 Å². The number of pyridine rings is 1. The molecule has 0 radical (unpaired) electrons. The number of nitrogens with one attached hydrogen (secondary N) is 1. The predicted molar refractivity (Wildman–Crippen MR) is 105 cm³/mol. The molecule has 0 amide bonds. The van der Waals surface area contributed by atoms with Crippen LogP contribution in [0.3, 0.4) is 0 Å². The van der Waals surface area contributed by atoms with E-state index in [0.717, 1.165) is 35.8 Å². The second-order valence-corrected chi connectivity index (χ2v) is 7.19. The molecule has 0 saturated heterocycles. The summed E-state index contributed by atoms with van der Waals surface area (Å²) in [6.07, 6.45) is 3.18. The van der Waals surface area contributed by atoms with Crippen LogP contribution in [0.1, 0.15) is 31.7 Å². The topological polar surface area (TPSA) is 47.0 Å². The van der Waals surface area contributed by atoms with Crippen molar-refractivity contribution in [1.82, 2.24) is 9.97 Å². The van der Waals surface area contributed by atoms with E-state index in [9.17, 15) is 13.2 Å². The van der Waals surface area contributed by atoms with Gasteiger partial charge in [-0.1, -0.05) is 37.2 Å². The first-order chi connectivity index (χ1) is 13.5. The summed E-state index contributed by atoms with van der Waals surface area (Å²) in [7, 11) is 0. The Morgan fingerprint density at radius 2 is 2.00 bits per heavy atom. The van der Waals surface area contributed by atoms with Gasteiger partial charge in [-0.25, -0.2) is 4.98 Å². The minimum absolute atomic E-state index is 0.149. The van der Waals surface area contributed by atoms with E-state index >= 15 is 0 Å². The van der Waals surface area contributed by atoms with Crippen LogP contribution in [0.5, 0.6) is 5.75 Å². The summed E-state index contributed by atoms with van der Waals surface area (Å²) < 4.78 is 45.7. The largest absolute Gasteiger partial charge is 0.493 e. The molecule has 4 nitrogen and oxygen atoms in total. The lowest BCUT2D eigenvalue weighted by Gasteiger charge is -2.15. The van der Waals surface area contributed by atoms with Crippen LogP contribution in [-0.2, 0) is 6.18 Å². The molecule has 0 aliphatic heterocycles. The quantitative estimate of drug-likeness (QED) is 0.431. The van der Waals surface area contributed by atoms with Crippen LogP contribution >= 0.6 is 11.3 Å². The second kappa shape index (κ2) is 9.05. The van der Waals surface area contributed by atoms with Gasteiger partial charge in [0.1, 0.15) is 5.75 Å². The van der Waals surface area contributed by atoms with Gasteiger partial charge < -0.3 is 10.1 Å². The van der Waals surface area contributed by atoms with Gasteiger partial charge in [-0.2, -0.15) is 13.2 Å². The van der Waals surface area contributed by atoms with Gasteiger partial charge in [0.05, 0.1) is 17.0 Å². The zero-order valence-corrected chi connectivity index (χ0v) is 16.1. The Labute approximate surface area is 165 Å². The highest BCUT2D eigenvalue weighted by molar-refractivity contribution is 7.18. The van der Waals surface area contributed by atoms with E-state index in [1.54, 1.807) is 24.7 Å². The molecule has 0 aliphatic carbocycles. The zero-order chi connectivity index (χ0) is 20.0. The predicted octanol–water partition coefficient (Wildman–Crippen LogP) is 6.54. The molecular formula is C20H20F3N3OS. The second-order valence-electron chi connectivity index (χ2n) is 6.16. The monoisotopic (exact) mass is 407 g/mol. The van der Waals surface area contributed by atoms with E-state index in [0.29, 0.717) is 10.8 Å². The lowest BCUT2D eigenvalue weighted by molar-refractivity contribution is -0.138. The number of aromatic nitrogens is 2. The van der Waals surface area contributed by atoms with Gasteiger partial charge in [-0.15, -0.1) is 0 Å². The average Bonchev–Trinajstić information content (AvgIpc) is 3.14. The summed E-state index contributed by atoms with van der Waals surface area (Å²) in [4.78, 5) is 9.17. The number of thiazole rings is 1. The van der Waals surface area contributed by atoms with Crippen LogP contribution in [0.25, 0.3) is 10.4 Å². The molecule has 0 unspecified atom stereocenters. The van der Waals surface area contributed by atoms with E-state index in [1.807, 2.05) is 19.1 Å². The SMILES string of the molecule is CCCCCOc1ccc(Nc2ncc(-c3cccnc3)s2)cc1C(F)(F)F. The van der Waals surface area contributed by atoms with Crippen molar-refractivity contribution >= 4 is 22.2 Å². The molecule has 0 saturated carbocycles. The smallest absolute Gasteiger partial charge is 0.420 e. The first kappa shape index (κ1) is 20.1. The molecule has 0 fully saturated rings. The Morgan fingerprint density at radius 3 is 2.71 bits per heavy atom. The maximum Gasteiger partial charge on any atom is 0.420 e. The van der Waals surface area contributed by atoms with Crippen molar-refractivity contribution in [1.29, 1.82) is 0 Å². The Balaban J connectivity index is 1.76. The first-order valence-corrected chi connectivity index (χ1v) is 9.76. The van der Waals surface area contributed by atoms with Gasteiger partial charge in [0.15, 0.2) is 5.13 Å². The zero-order valence-electron chi connectivity index (χ0n) is 15.3. The number of nitrogens with zero attached hydrogens (tertiary/aromatic N) is 2. The normalized spacial score (nSPS) is 11.4. The summed E-state index contributed by atoms with van der Waals surface area (Å²) in [5.41, 5.74) is 0.415. The van der Waals surface area contributed by atoms with Crippen molar-refractivity contribution in [3.05, 3.63) is 54.5 Å². The minimum atomic E-state index is -4.50. The number of unbranched alkanes of at least 4 members (excludes halogenated alkanes) is 2. The van der Waals surface area contributed by atoms with Gasteiger partial charge in [-0.3, -0.25) is 4.98 Å². The molecule has 2 aromatic heterocycles. The molecule has 28 heavy (non-hydrogen) atoms. The maximum atomic E-state index is 13.4. The fraction of sp³-hybridized carbons (Fsp3) is 0.300. The molecular weight excluding hydrogens is 387 g/mol. The number of anilines is 2. The molecule has 1 N–H and O–H groups in total. The third kappa shape index (κ3) is 5.22. The number of benzene rings is 1. The molecule has 3 aromatic rings. The number of hydrogen-bond donors (Lipinski definition) is 1. The summed E-state index contributed by atoms with van der Waals surface area (Å²) in [6, 6.07) is 7.69. The fourth-order valence-corrected chi connectivity index (χ4v) is 3.41. The van der Waals surface area contributed by atoms with Gasteiger partial charge in [-0.05, 0) is 30.7 Å². The van der Waals surface area contributed by atoms with Crippen molar-refractivity contribution in [2.45, 2.75) is 32.4 Å². The Kier molecular flexibility index (Phi) is 6.51. The van der Waals surface area contributed by atoms with Crippen LogP contribution in [0.2, 0.25) is 0 Å². The van der Waals surface area contributed by atoms with E-state index in [4.69, 9.17) is 4.74 Å². The highest BCUT2D eigenvalue weighted by Crippen LogP contribution is 2.39. The molecule has 2 heterocycles. The number of ether oxygens (including phenoxy) is 1. The summed E-state index contributed by atoms with van der Waals surface area (Å²) in [5, 5.41) is 3.44. The number of rotatable bonds is 8. The minimum Gasteiger partial charge on any atom is -0.493 e. The highest BCUT2D eigenvalue weighted by Gasteiger charge is 2.34. The molecule has 1 aromatic carbocycles. The molecule has 0 aliphatic rings. The molecule has 8 heteroatoms. The first-order valence-electron chi connectivity index (χ1n) is 8.94. The molecule has 0 spiro atoms. The van der Waals surface area contributed by atoms with Gasteiger partial charge in [0.2, 0.25) is 0 Å². The third-order valence-corrected chi connectivity index (χ3v) is 4.96. The number of hydrogen-bond acceptors (Lipinski definition) is 5. The van der Waals surface area contributed by atoms with E-state index in [2.05, 4.69) is 15.3 Å². The van der Waals surface area contributed by atoms with Gasteiger partial charge in [0.25, 0.3) is 0 Å². The molecule has 0 atom stereocenters. The van der Waals surface area contributed by atoms with Crippen LogP contribution in [-0.4, -0.2) is 16.6 Å². The molecule has 0 bridgehead atoms. The molecule has 148 valence electrons. The Morgan fingerprint density at radius 1 is 1.14 bits per heavy atom. The third-order valence-electron chi connectivity index (χ3n) is 3.99. The van der Waals surface area contributed by atoms with Gasteiger partial charge >= 0.3 is 6.18 Å². The van der Waals surface area contributed by atoms with E-state index in [-0.39, 0.29) is 12.4 Å². The summed E-state index contributed by atoms with van der Waals surface area (Å²) >= 11 is 1.34. The van der Waals surface area contributed by atoms with Crippen molar-refractivity contribution in [3.63, 3.8) is 0 Å². The van der Waals surface area contributed by atoms with E-state index < -0.39 is 11.7 Å². The van der Waals surface area contributed by atoms with Crippen molar-refractivity contribution in [3.8, 4) is 16.2 Å². The number of alkyl halides is 3. The standard InChI is InChI=1S/C20H20F3N3OS/c1-2-3-4-10-27-17-8-7-15(11-16(17)20(21,22)23)26-19-25-13-18(28-19)14-6-5-9-24-12-14/h5-9,11-13H,2-4,10H2,1H3,(H,25,26). The average molecular weight is 407 g/mol. The summed E-state index contributed by atoms with van der Waals surface area (Å²) in [6.45, 7) is 2.30. The summed E-state index contributed by atoms with van der Waals surface area (Å²) in [5.74, 6) is -0.149. The van der Waals surface area contributed by atoms with Crippen LogP contribution in [0.15, 0.2) is 48.9 Å². The number of halogens is 3. The van der Waals surface area contributed by atoms with Crippen LogP contribution in [0, 0.1) is 0 Å². The maximum absolute atomic E-state index is 13.4. The van der Waals surface area contributed by atoms with Crippen molar-refractivity contribution in [2.75, 3.05) is 11.9 Å².